The summed E-state index contributed by atoms with van der Waals surface area (Å²) in [4.78, 5) is 70.1. The Balaban J connectivity index is 1.60. The molecule has 84 heavy (non-hydrogen) atoms. The van der Waals surface area contributed by atoms with Crippen molar-refractivity contribution in [3.8, 4) is 0 Å². The van der Waals surface area contributed by atoms with Gasteiger partial charge in [-0.05, 0) is 52.0 Å². The van der Waals surface area contributed by atoms with Crippen molar-refractivity contribution in [2.75, 3.05) is 85.6 Å². The number of hydrogen-bond acceptors (Lipinski definition) is 30. The predicted octanol–water partition coefficient (Wildman–Crippen LogP) is -11.1. The Bertz CT molecular complexity index is 1880. The number of amides is 4. The first-order valence-corrected chi connectivity index (χ1v) is 28.0. The molecule has 20 N–H and O–H groups in total. The summed E-state index contributed by atoms with van der Waals surface area (Å²) in [6.45, 7) is -5.18. The van der Waals surface area contributed by atoms with Crippen LogP contribution in [0.25, 0.3) is 0 Å². The summed E-state index contributed by atoms with van der Waals surface area (Å²) in [6.07, 6.45) is -33.4. The van der Waals surface area contributed by atoms with E-state index < -0.39 is 237 Å². The molecule has 0 spiro atoms. The number of unbranched alkanes of at least 4 members (excludes halogenated alkanes) is 2. The van der Waals surface area contributed by atoms with Crippen molar-refractivity contribution in [1.29, 1.82) is 0 Å². The Kier molecular flexibility index (Phi) is 32.0. The third-order valence-electron chi connectivity index (χ3n) is 14.7. The van der Waals surface area contributed by atoms with Gasteiger partial charge in [-0.3, -0.25) is 24.0 Å². The molecule has 4 fully saturated rings. The molecule has 4 rings (SSSR count). The summed E-state index contributed by atoms with van der Waals surface area (Å²) in [5.41, 5.74) is 5.56. The van der Waals surface area contributed by atoms with Gasteiger partial charge in [0.1, 0.15) is 104 Å². The van der Waals surface area contributed by atoms with Crippen LogP contribution in [-0.4, -0.2) is 341 Å². The van der Waals surface area contributed by atoms with Crippen molar-refractivity contribution >= 4 is 29.4 Å². The second kappa shape index (κ2) is 36.8. The van der Waals surface area contributed by atoms with Crippen LogP contribution in [0.4, 0.5) is 0 Å². The topological polar surface area (TPSA) is 539 Å². The number of nitrogens with zero attached hydrogens (tertiary/aromatic N) is 2. The lowest BCUT2D eigenvalue weighted by molar-refractivity contribution is -0.303. The van der Waals surface area contributed by atoms with E-state index >= 15 is 0 Å². The van der Waals surface area contributed by atoms with E-state index in [1.165, 1.54) is 6.92 Å². The first kappa shape index (κ1) is 73.0. The number of carbonyl (C=O) groups excluding carboxylic acids is 5. The van der Waals surface area contributed by atoms with Crippen LogP contribution in [0.15, 0.2) is 0 Å². The lowest BCUT2D eigenvalue weighted by atomic mass is 9.99. The first-order valence-electron chi connectivity index (χ1n) is 28.0. The number of rotatable bonds is 36. The van der Waals surface area contributed by atoms with Crippen LogP contribution in [0.2, 0.25) is 0 Å². The van der Waals surface area contributed by atoms with Crippen LogP contribution in [0.5, 0.6) is 0 Å². The lowest BCUT2D eigenvalue weighted by Gasteiger charge is -2.40. The van der Waals surface area contributed by atoms with Crippen LogP contribution < -0.4 is 16.4 Å². The van der Waals surface area contributed by atoms with Crippen LogP contribution >= 0.6 is 0 Å². The third kappa shape index (κ3) is 21.1. The maximum atomic E-state index is 14.9. The van der Waals surface area contributed by atoms with Crippen LogP contribution in [0, 0.1) is 0 Å². The van der Waals surface area contributed by atoms with Gasteiger partial charge in [0.25, 0.3) is 0 Å². The van der Waals surface area contributed by atoms with Gasteiger partial charge in [0.05, 0.1) is 58.9 Å². The monoisotopic (exact) mass is 1220 g/mol. The standard InChI is InChI=1S/C50H89N5O29/c1-24(60)25(6-4-5-11-51)52-31(61)7-2-3-8-32(62)53-26(46(76)55(14-18-79-49-44(74)40(70)36(66)29(22-58)83-49)15-19-80-50-45(75)41(71)37(67)30(23-59)84-50)9-10-33(63)54(12-16-77-47-42(72)38(68)34(64)27(20-56)81-47)13-17-78-48-43(73)39(69)35(65)28(21-57)82-48/h25-30,34-45,47-50,56-59,64-75H,2-23,51H2,1H3,(H,52,61)(H,53,62)/t25-,26-,27+,28+,29+,30+,34+,35+,36+,37+,38-,39-,40-,41-,42-,43-,44-,45-,47-,48-,49-,50-/m0/s1. The molecule has 4 aliphatic heterocycles. The van der Waals surface area contributed by atoms with Gasteiger partial charge in [-0.15, -0.1) is 0 Å². The van der Waals surface area contributed by atoms with Crippen molar-refractivity contribution < 1.29 is 144 Å². The summed E-state index contributed by atoms with van der Waals surface area (Å²) in [5, 5.41) is 169. The summed E-state index contributed by atoms with van der Waals surface area (Å²) in [7, 11) is 0. The van der Waals surface area contributed by atoms with Gasteiger partial charge in [0, 0.05) is 45.4 Å². The van der Waals surface area contributed by atoms with E-state index in [0.717, 1.165) is 9.80 Å². The molecule has 34 nitrogen and oxygen atoms in total. The largest absolute Gasteiger partial charge is 0.394 e. The van der Waals surface area contributed by atoms with Gasteiger partial charge < -0.3 is 146 Å². The molecule has 0 aromatic heterocycles. The number of aliphatic hydroxyl groups excluding tert-OH is 16. The van der Waals surface area contributed by atoms with E-state index in [-0.39, 0.29) is 44.6 Å². The van der Waals surface area contributed by atoms with E-state index in [1.54, 1.807) is 0 Å². The molecule has 4 aliphatic rings. The highest BCUT2D eigenvalue weighted by atomic mass is 16.7. The number of nitrogens with two attached hydrogens (primary N) is 1. The minimum absolute atomic E-state index is 0.0806. The number of ketones is 1. The fourth-order valence-electron chi connectivity index (χ4n) is 9.51. The molecule has 4 amide bonds. The maximum absolute atomic E-state index is 14.9. The van der Waals surface area contributed by atoms with Gasteiger partial charge in [-0.25, -0.2) is 0 Å². The zero-order chi connectivity index (χ0) is 62.4. The van der Waals surface area contributed by atoms with Crippen molar-refractivity contribution in [2.45, 2.75) is 200 Å². The molecule has 0 radical (unpaired) electrons. The van der Waals surface area contributed by atoms with Gasteiger partial charge >= 0.3 is 0 Å². The highest BCUT2D eigenvalue weighted by Crippen LogP contribution is 2.26. The van der Waals surface area contributed by atoms with E-state index in [2.05, 4.69) is 10.6 Å². The number of nitrogens with one attached hydrogen (secondary N) is 2. The highest BCUT2D eigenvalue weighted by molar-refractivity contribution is 5.89. The second-order valence-corrected chi connectivity index (χ2v) is 20.9. The highest BCUT2D eigenvalue weighted by Gasteiger charge is 2.48. The average Bonchev–Trinajstić information content (AvgIpc) is 2.98. The van der Waals surface area contributed by atoms with E-state index in [1.807, 2.05) is 0 Å². The Hall–Kier alpha value is -3.45. The number of carbonyl (C=O) groups is 5. The zero-order valence-corrected chi connectivity index (χ0v) is 46.7. The van der Waals surface area contributed by atoms with E-state index in [0.29, 0.717) is 25.8 Å². The summed E-state index contributed by atoms with van der Waals surface area (Å²) in [5.74, 6) is -3.17. The Morgan fingerprint density at radius 1 is 0.429 bits per heavy atom. The van der Waals surface area contributed by atoms with E-state index in [4.69, 9.17) is 43.6 Å². The average molecular weight is 1220 g/mol. The van der Waals surface area contributed by atoms with E-state index in [9.17, 15) is 106 Å². The van der Waals surface area contributed by atoms with Crippen molar-refractivity contribution in [1.82, 2.24) is 20.4 Å². The molecule has 0 unspecified atom stereocenters. The van der Waals surface area contributed by atoms with Gasteiger partial charge in [-0.2, -0.15) is 0 Å². The quantitative estimate of drug-likeness (QED) is 0.0259. The van der Waals surface area contributed by atoms with Crippen molar-refractivity contribution in [3.05, 3.63) is 0 Å². The number of Topliss-reactive ketones (excluding diaryl/α,β-unsaturated/α-hetero) is 1. The molecule has 34 heteroatoms. The predicted molar refractivity (Wildman–Crippen MR) is 277 cm³/mol. The van der Waals surface area contributed by atoms with Crippen molar-refractivity contribution in [2.24, 2.45) is 5.73 Å². The summed E-state index contributed by atoms with van der Waals surface area (Å²) >= 11 is 0. The molecule has 0 saturated carbocycles. The molecule has 0 aromatic carbocycles. The molecule has 4 saturated heterocycles. The zero-order valence-electron chi connectivity index (χ0n) is 46.7. The molecule has 0 bridgehead atoms. The van der Waals surface area contributed by atoms with Crippen molar-refractivity contribution in [3.63, 3.8) is 0 Å². The lowest BCUT2D eigenvalue weighted by Crippen LogP contribution is -2.59. The second-order valence-electron chi connectivity index (χ2n) is 20.9. The minimum Gasteiger partial charge on any atom is -0.394 e. The van der Waals surface area contributed by atoms with Gasteiger partial charge in [0.15, 0.2) is 30.9 Å². The Labute approximate surface area is 483 Å². The SMILES string of the molecule is CC(=O)[C@H](CCCCN)NC(=O)CCCCC(=O)N[C@@H](CCC(=O)N(CCO[C@H]1O[C@H](CO)[C@@H](O)[C@H](O)[C@@H]1O)CCO[C@H]1O[C@H](CO)[C@@H](O)[C@H](O)[C@@H]1O)C(=O)N(CCO[C@H]1O[C@H](CO)[C@@H](O)[C@H](O)[C@@H]1O)CCO[C@H]1O[C@H](CO)[C@@H](O)[C@H](O)[C@@H]1O. The molecular formula is C50H89N5O29. The number of hydrogen-bond donors (Lipinski definition) is 19. The molecular weight excluding hydrogens is 1130 g/mol. The minimum atomic E-state index is -1.87. The number of aliphatic hydroxyl groups is 16. The summed E-state index contributed by atoms with van der Waals surface area (Å²) in [6, 6.07) is -2.36. The fourth-order valence-corrected chi connectivity index (χ4v) is 9.51. The molecule has 4 heterocycles. The molecule has 0 aliphatic carbocycles. The first-order chi connectivity index (χ1) is 39.9. The maximum Gasteiger partial charge on any atom is 0.245 e. The fraction of sp³-hybridized carbons (Fsp3) is 0.900. The number of ether oxygens (including phenoxy) is 8. The van der Waals surface area contributed by atoms with Crippen LogP contribution in [-0.2, 0) is 61.9 Å². The van der Waals surface area contributed by atoms with Gasteiger partial charge in [-0.1, -0.05) is 0 Å². The normalized spacial score (nSPS) is 34.3. The molecule has 22 atom stereocenters. The van der Waals surface area contributed by atoms with Crippen LogP contribution in [0.3, 0.4) is 0 Å². The third-order valence-corrected chi connectivity index (χ3v) is 14.7. The van der Waals surface area contributed by atoms with Crippen LogP contribution in [0.1, 0.15) is 64.7 Å². The Morgan fingerprint density at radius 3 is 1.06 bits per heavy atom. The Morgan fingerprint density at radius 2 is 0.750 bits per heavy atom. The molecule has 0 aromatic rings. The van der Waals surface area contributed by atoms with Gasteiger partial charge in [0.2, 0.25) is 23.6 Å². The molecule has 488 valence electrons. The smallest absolute Gasteiger partial charge is 0.245 e. The summed E-state index contributed by atoms with van der Waals surface area (Å²) < 4.78 is 44.2.